The number of sulfonamides is 1. The van der Waals surface area contributed by atoms with Gasteiger partial charge in [-0.05, 0) is 43.3 Å². The molecule has 0 radical (unpaired) electrons. The van der Waals surface area contributed by atoms with Gasteiger partial charge in [-0.15, -0.1) is 0 Å². The largest absolute Gasteiger partial charge is 0.310 e. The van der Waals surface area contributed by atoms with E-state index in [1.165, 1.54) is 18.5 Å². The first-order chi connectivity index (χ1) is 10.0. The summed E-state index contributed by atoms with van der Waals surface area (Å²) >= 11 is 0. The highest BCUT2D eigenvalue weighted by Gasteiger charge is 2.14. The molecule has 0 bridgehead atoms. The van der Waals surface area contributed by atoms with Crippen LogP contribution in [0.5, 0.6) is 0 Å². The van der Waals surface area contributed by atoms with Crippen molar-refractivity contribution in [2.24, 2.45) is 0 Å². The number of nitrogens with zero attached hydrogens (tertiary/aromatic N) is 1. The zero-order valence-corrected chi connectivity index (χ0v) is 12.9. The van der Waals surface area contributed by atoms with Gasteiger partial charge in [-0.1, -0.05) is 19.1 Å². The van der Waals surface area contributed by atoms with Crippen LogP contribution < -0.4 is 10.0 Å². The molecular formula is C15H19N3O2S. The Balaban J connectivity index is 2.14. The van der Waals surface area contributed by atoms with Crippen molar-refractivity contribution >= 4 is 15.7 Å². The second-order valence-corrected chi connectivity index (χ2v) is 6.38. The lowest BCUT2D eigenvalue weighted by Crippen LogP contribution is -2.17. The minimum atomic E-state index is -3.58. The van der Waals surface area contributed by atoms with Gasteiger partial charge in [0.1, 0.15) is 4.90 Å². The molecule has 0 saturated carbocycles. The Labute approximate surface area is 125 Å². The quantitative estimate of drug-likeness (QED) is 0.860. The number of benzene rings is 1. The molecule has 5 nitrogen and oxygen atoms in total. The lowest BCUT2D eigenvalue weighted by Gasteiger charge is -2.13. The predicted octanol–water partition coefficient (Wildman–Crippen LogP) is 2.55. The maximum atomic E-state index is 12.2. The van der Waals surface area contributed by atoms with Crippen molar-refractivity contribution in [3.63, 3.8) is 0 Å². The van der Waals surface area contributed by atoms with Crippen LogP contribution in [0.15, 0.2) is 53.7 Å². The third kappa shape index (κ3) is 4.03. The van der Waals surface area contributed by atoms with E-state index in [1.807, 2.05) is 19.1 Å². The zero-order valence-electron chi connectivity index (χ0n) is 12.1. The Morgan fingerprint density at radius 2 is 1.90 bits per heavy atom. The molecule has 1 aromatic carbocycles. The SMILES string of the molecule is CCNC(C)c1ccc(NS(=O)(=O)c2cccnc2)cc1. The fourth-order valence-electron chi connectivity index (χ4n) is 1.98. The van der Waals surface area contributed by atoms with E-state index in [-0.39, 0.29) is 10.9 Å². The van der Waals surface area contributed by atoms with Crippen LogP contribution in [0.2, 0.25) is 0 Å². The molecule has 21 heavy (non-hydrogen) atoms. The van der Waals surface area contributed by atoms with Crippen LogP contribution in [0.1, 0.15) is 25.5 Å². The van der Waals surface area contributed by atoms with Gasteiger partial charge in [-0.2, -0.15) is 0 Å². The van der Waals surface area contributed by atoms with E-state index >= 15 is 0 Å². The van der Waals surface area contributed by atoms with Gasteiger partial charge >= 0.3 is 0 Å². The third-order valence-corrected chi connectivity index (χ3v) is 4.48. The van der Waals surface area contributed by atoms with Crippen molar-refractivity contribution < 1.29 is 8.42 Å². The van der Waals surface area contributed by atoms with Crippen LogP contribution >= 0.6 is 0 Å². The molecule has 1 aromatic heterocycles. The molecule has 1 heterocycles. The molecule has 0 saturated heterocycles. The van der Waals surface area contributed by atoms with Gasteiger partial charge in [0.15, 0.2) is 0 Å². The van der Waals surface area contributed by atoms with Crippen LogP contribution in [0.4, 0.5) is 5.69 Å². The Morgan fingerprint density at radius 3 is 2.48 bits per heavy atom. The average Bonchev–Trinajstić information content (AvgIpc) is 2.49. The van der Waals surface area contributed by atoms with Crippen LogP contribution in [0.3, 0.4) is 0 Å². The van der Waals surface area contributed by atoms with Gasteiger partial charge < -0.3 is 5.32 Å². The number of anilines is 1. The van der Waals surface area contributed by atoms with Crippen LogP contribution in [-0.4, -0.2) is 19.9 Å². The Morgan fingerprint density at radius 1 is 1.19 bits per heavy atom. The molecule has 0 aliphatic carbocycles. The topological polar surface area (TPSA) is 71.1 Å². The first-order valence-corrected chi connectivity index (χ1v) is 8.27. The number of hydrogen-bond acceptors (Lipinski definition) is 4. The van der Waals surface area contributed by atoms with Gasteiger partial charge in [0.2, 0.25) is 0 Å². The standard InChI is InChI=1S/C15H19N3O2S/c1-3-17-12(2)13-6-8-14(9-7-13)18-21(19,20)15-5-4-10-16-11-15/h4-12,17-18H,3H2,1-2H3. The van der Waals surface area contributed by atoms with E-state index < -0.39 is 10.0 Å². The summed E-state index contributed by atoms with van der Waals surface area (Å²) in [5.41, 5.74) is 1.65. The summed E-state index contributed by atoms with van der Waals surface area (Å²) in [7, 11) is -3.58. The molecule has 0 aliphatic heterocycles. The van der Waals surface area contributed by atoms with E-state index in [9.17, 15) is 8.42 Å². The molecule has 1 atom stereocenters. The minimum absolute atomic E-state index is 0.148. The maximum absolute atomic E-state index is 12.2. The summed E-state index contributed by atoms with van der Waals surface area (Å²) in [4.78, 5) is 3.97. The van der Waals surface area contributed by atoms with Gasteiger partial charge in [-0.25, -0.2) is 8.42 Å². The van der Waals surface area contributed by atoms with Gasteiger partial charge in [0.05, 0.1) is 0 Å². The normalized spacial score (nSPS) is 12.9. The molecule has 0 spiro atoms. The van der Waals surface area contributed by atoms with E-state index in [4.69, 9.17) is 0 Å². The smallest absolute Gasteiger partial charge is 0.263 e. The number of rotatable bonds is 6. The second kappa shape index (κ2) is 6.69. The molecule has 0 amide bonds. The van der Waals surface area contributed by atoms with Crippen LogP contribution in [-0.2, 0) is 10.0 Å². The summed E-state index contributed by atoms with van der Waals surface area (Å²) < 4.78 is 26.9. The summed E-state index contributed by atoms with van der Waals surface area (Å²) in [6.07, 6.45) is 2.86. The zero-order chi connectivity index (χ0) is 15.3. The predicted molar refractivity (Wildman–Crippen MR) is 83.6 cm³/mol. The molecule has 0 aliphatic rings. The fourth-order valence-corrected chi connectivity index (χ4v) is 3.01. The lowest BCUT2D eigenvalue weighted by molar-refractivity contribution is 0.598. The first kappa shape index (κ1) is 15.5. The molecule has 2 rings (SSSR count). The second-order valence-electron chi connectivity index (χ2n) is 4.70. The van der Waals surface area contributed by atoms with E-state index in [1.54, 1.807) is 18.2 Å². The monoisotopic (exact) mass is 305 g/mol. The fraction of sp³-hybridized carbons (Fsp3) is 0.267. The molecule has 2 N–H and O–H groups in total. The summed E-state index contributed by atoms with van der Waals surface area (Å²) in [5, 5.41) is 3.31. The number of nitrogens with one attached hydrogen (secondary N) is 2. The summed E-state index contributed by atoms with van der Waals surface area (Å²) in [5.74, 6) is 0. The van der Waals surface area contributed by atoms with Crippen LogP contribution in [0, 0.1) is 0 Å². The number of aromatic nitrogens is 1. The number of pyridine rings is 1. The molecule has 2 aromatic rings. The number of hydrogen-bond donors (Lipinski definition) is 2. The molecule has 0 fully saturated rings. The van der Waals surface area contributed by atoms with Crippen molar-refractivity contribution in [2.45, 2.75) is 24.8 Å². The Bertz CT molecular complexity index is 670. The highest BCUT2D eigenvalue weighted by atomic mass is 32.2. The lowest BCUT2D eigenvalue weighted by atomic mass is 10.1. The summed E-state index contributed by atoms with van der Waals surface area (Å²) in [6.45, 7) is 5.00. The Kier molecular flexibility index (Phi) is 4.93. The molecule has 6 heteroatoms. The summed E-state index contributed by atoms with van der Waals surface area (Å²) in [6, 6.07) is 10.7. The molecular weight excluding hydrogens is 286 g/mol. The third-order valence-electron chi connectivity index (χ3n) is 3.12. The Hall–Kier alpha value is -1.92. The van der Waals surface area contributed by atoms with Crippen molar-refractivity contribution in [3.05, 3.63) is 54.4 Å². The van der Waals surface area contributed by atoms with Gasteiger partial charge in [0.25, 0.3) is 10.0 Å². The molecule has 112 valence electrons. The van der Waals surface area contributed by atoms with Gasteiger partial charge in [-0.3, -0.25) is 9.71 Å². The highest BCUT2D eigenvalue weighted by molar-refractivity contribution is 7.92. The maximum Gasteiger partial charge on any atom is 0.263 e. The van der Waals surface area contributed by atoms with E-state index in [0.29, 0.717) is 5.69 Å². The van der Waals surface area contributed by atoms with Gasteiger partial charge in [0, 0.05) is 24.1 Å². The van der Waals surface area contributed by atoms with Crippen molar-refractivity contribution in [1.82, 2.24) is 10.3 Å². The van der Waals surface area contributed by atoms with E-state index in [0.717, 1.165) is 12.1 Å². The van der Waals surface area contributed by atoms with Crippen LogP contribution in [0.25, 0.3) is 0 Å². The van der Waals surface area contributed by atoms with E-state index in [2.05, 4.69) is 21.9 Å². The van der Waals surface area contributed by atoms with Crippen molar-refractivity contribution in [3.8, 4) is 0 Å². The van der Waals surface area contributed by atoms with Crippen molar-refractivity contribution in [2.75, 3.05) is 11.3 Å². The highest BCUT2D eigenvalue weighted by Crippen LogP contribution is 2.18. The first-order valence-electron chi connectivity index (χ1n) is 6.79. The average molecular weight is 305 g/mol. The molecule has 1 unspecified atom stereocenters. The minimum Gasteiger partial charge on any atom is -0.310 e. The van der Waals surface area contributed by atoms with Crippen molar-refractivity contribution in [1.29, 1.82) is 0 Å².